The fourth-order valence-electron chi connectivity index (χ4n) is 3.65. The number of aromatic hydroxyl groups is 1. The molecule has 0 radical (unpaired) electrons. The molecule has 2 aromatic carbocycles. The van der Waals surface area contributed by atoms with Crippen molar-refractivity contribution in [2.24, 2.45) is 0 Å². The van der Waals surface area contributed by atoms with Gasteiger partial charge in [0.25, 0.3) is 5.91 Å². The van der Waals surface area contributed by atoms with E-state index in [1.54, 1.807) is 18.1 Å². The van der Waals surface area contributed by atoms with E-state index in [0.29, 0.717) is 37.5 Å². The van der Waals surface area contributed by atoms with Crippen molar-refractivity contribution >= 4 is 16.8 Å². The van der Waals surface area contributed by atoms with E-state index in [0.717, 1.165) is 28.8 Å². The molecule has 2 N–H and O–H groups in total. The first-order chi connectivity index (χ1) is 14.5. The lowest BCUT2D eigenvalue weighted by Gasteiger charge is -2.16. The van der Waals surface area contributed by atoms with Gasteiger partial charge in [0.1, 0.15) is 18.1 Å². The minimum atomic E-state index is -0.217. The Labute approximate surface area is 175 Å². The summed E-state index contributed by atoms with van der Waals surface area (Å²) in [5.41, 5.74) is 3.78. The van der Waals surface area contributed by atoms with Crippen LogP contribution in [0.4, 0.5) is 0 Å². The number of hydrogen-bond donors (Lipinski definition) is 2. The van der Waals surface area contributed by atoms with Crippen molar-refractivity contribution in [3.63, 3.8) is 0 Å². The topological polar surface area (TPSA) is 90.9 Å². The van der Waals surface area contributed by atoms with Gasteiger partial charge in [-0.3, -0.25) is 9.89 Å². The molecule has 0 atom stereocenters. The van der Waals surface area contributed by atoms with Gasteiger partial charge in [-0.2, -0.15) is 5.10 Å². The van der Waals surface area contributed by atoms with Gasteiger partial charge in [0, 0.05) is 38.2 Å². The van der Waals surface area contributed by atoms with E-state index in [1.165, 1.54) is 6.07 Å². The molecule has 1 aromatic heterocycles. The molecule has 0 saturated heterocycles. The summed E-state index contributed by atoms with van der Waals surface area (Å²) in [6.45, 7) is 2.75. The predicted molar refractivity (Wildman–Crippen MR) is 113 cm³/mol. The summed E-state index contributed by atoms with van der Waals surface area (Å²) in [7, 11) is 5.60. The van der Waals surface area contributed by atoms with Crippen molar-refractivity contribution in [3.8, 4) is 11.5 Å². The number of fused-ring (bicyclic) bond motifs is 2. The maximum Gasteiger partial charge on any atom is 0.258 e. The minimum Gasteiger partial charge on any atom is -0.507 e. The fourth-order valence-corrected chi connectivity index (χ4v) is 3.65. The summed E-state index contributed by atoms with van der Waals surface area (Å²) in [5.74, 6) is 0.519. The molecule has 0 aliphatic carbocycles. The summed E-state index contributed by atoms with van der Waals surface area (Å²) in [5, 5.41) is 18.3. The fraction of sp³-hybridized carbons (Fsp3) is 0.364. The molecule has 30 heavy (non-hydrogen) atoms. The van der Waals surface area contributed by atoms with Crippen LogP contribution < -0.4 is 4.74 Å². The van der Waals surface area contributed by atoms with E-state index < -0.39 is 0 Å². The number of hydrogen-bond acceptors (Lipinski definition) is 6. The monoisotopic (exact) mass is 410 g/mol. The van der Waals surface area contributed by atoms with Crippen LogP contribution in [0.1, 0.15) is 27.2 Å². The molecule has 0 bridgehead atoms. The number of aromatic amines is 1. The van der Waals surface area contributed by atoms with Gasteiger partial charge in [-0.05, 0) is 43.4 Å². The number of carbonyl (C=O) groups excluding carboxylic acids is 1. The third-order valence-corrected chi connectivity index (χ3v) is 5.26. The number of nitrogens with zero attached hydrogens (tertiary/aromatic N) is 3. The first-order valence-electron chi connectivity index (χ1n) is 9.83. The standard InChI is InChI=1S/C22H26N4O4/c1-25(2)6-7-30-16-5-4-14-11-26(12-15(14)8-16)22(28)18-9-17-19(10-21(18)27)23-24-20(17)13-29-3/h4-5,8-10,27H,6-7,11-13H2,1-3H3,(H,23,24). The van der Waals surface area contributed by atoms with Crippen LogP contribution in [0.3, 0.4) is 0 Å². The summed E-state index contributed by atoms with van der Waals surface area (Å²) < 4.78 is 11.0. The highest BCUT2D eigenvalue weighted by Crippen LogP contribution is 2.32. The molecule has 8 nitrogen and oxygen atoms in total. The third-order valence-electron chi connectivity index (χ3n) is 5.26. The third kappa shape index (κ3) is 3.96. The van der Waals surface area contributed by atoms with Crippen LogP contribution in [0, 0.1) is 0 Å². The van der Waals surface area contributed by atoms with Gasteiger partial charge in [-0.15, -0.1) is 0 Å². The Hall–Kier alpha value is -3.10. The van der Waals surface area contributed by atoms with Crippen LogP contribution in [0.15, 0.2) is 30.3 Å². The van der Waals surface area contributed by atoms with E-state index >= 15 is 0 Å². The van der Waals surface area contributed by atoms with E-state index in [2.05, 4.69) is 15.1 Å². The van der Waals surface area contributed by atoms with Crippen LogP contribution >= 0.6 is 0 Å². The summed E-state index contributed by atoms with van der Waals surface area (Å²) in [4.78, 5) is 17.0. The Morgan fingerprint density at radius 2 is 2.03 bits per heavy atom. The number of rotatable bonds is 7. The molecule has 158 valence electrons. The number of phenolic OH excluding ortho intramolecular Hbond substituents is 1. The van der Waals surface area contributed by atoms with E-state index in [9.17, 15) is 9.90 Å². The molecule has 0 fully saturated rings. The molecule has 0 spiro atoms. The second-order valence-corrected chi connectivity index (χ2v) is 7.76. The highest BCUT2D eigenvalue weighted by Gasteiger charge is 2.27. The van der Waals surface area contributed by atoms with Gasteiger partial charge in [-0.1, -0.05) is 6.07 Å². The zero-order valence-corrected chi connectivity index (χ0v) is 17.4. The van der Waals surface area contributed by atoms with Crippen LogP contribution in [0.25, 0.3) is 10.9 Å². The van der Waals surface area contributed by atoms with Gasteiger partial charge in [0.2, 0.25) is 0 Å². The van der Waals surface area contributed by atoms with Crippen molar-refractivity contribution in [2.75, 3.05) is 34.4 Å². The Morgan fingerprint density at radius 1 is 1.23 bits per heavy atom. The molecule has 2 heterocycles. The number of likely N-dealkylation sites (N-methyl/N-ethyl adjacent to an activating group) is 1. The number of carbonyl (C=O) groups is 1. The lowest BCUT2D eigenvalue weighted by molar-refractivity contribution is 0.0748. The molecular formula is C22H26N4O4. The van der Waals surface area contributed by atoms with Crippen molar-refractivity contribution in [1.29, 1.82) is 0 Å². The Balaban J connectivity index is 1.52. The maximum atomic E-state index is 13.2. The summed E-state index contributed by atoms with van der Waals surface area (Å²) >= 11 is 0. The van der Waals surface area contributed by atoms with Crippen molar-refractivity contribution in [1.82, 2.24) is 20.0 Å². The number of aromatic nitrogens is 2. The molecule has 0 saturated carbocycles. The minimum absolute atomic E-state index is 0.0659. The van der Waals surface area contributed by atoms with Crippen LogP contribution in [0.2, 0.25) is 0 Å². The molecule has 1 aliphatic heterocycles. The van der Waals surface area contributed by atoms with Gasteiger partial charge < -0.3 is 24.4 Å². The Bertz CT molecular complexity index is 1080. The molecule has 8 heteroatoms. The number of phenols is 1. The second kappa shape index (κ2) is 8.33. The van der Waals surface area contributed by atoms with E-state index in [4.69, 9.17) is 9.47 Å². The number of H-pyrrole nitrogens is 1. The van der Waals surface area contributed by atoms with Crippen molar-refractivity contribution in [2.45, 2.75) is 19.7 Å². The molecular weight excluding hydrogens is 384 g/mol. The smallest absolute Gasteiger partial charge is 0.258 e. The average Bonchev–Trinajstić information content (AvgIpc) is 3.30. The maximum absolute atomic E-state index is 13.2. The SMILES string of the molecule is COCc1n[nH]c2cc(O)c(C(=O)N3Cc4ccc(OCCN(C)C)cc4C3)cc12. The quantitative estimate of drug-likeness (QED) is 0.622. The Morgan fingerprint density at radius 3 is 2.80 bits per heavy atom. The van der Waals surface area contributed by atoms with Crippen LogP contribution in [-0.2, 0) is 24.4 Å². The summed E-state index contributed by atoms with van der Waals surface area (Å²) in [6.07, 6.45) is 0. The highest BCUT2D eigenvalue weighted by atomic mass is 16.5. The average molecular weight is 410 g/mol. The zero-order chi connectivity index (χ0) is 21.3. The number of ether oxygens (including phenoxy) is 2. The van der Waals surface area contributed by atoms with Crippen LogP contribution in [-0.4, -0.2) is 65.4 Å². The van der Waals surface area contributed by atoms with Crippen LogP contribution in [0.5, 0.6) is 11.5 Å². The lowest BCUT2D eigenvalue weighted by Crippen LogP contribution is -2.25. The van der Waals surface area contributed by atoms with Gasteiger partial charge in [-0.25, -0.2) is 0 Å². The zero-order valence-electron chi connectivity index (χ0n) is 17.4. The number of nitrogens with one attached hydrogen (secondary N) is 1. The van der Waals surface area contributed by atoms with Gasteiger partial charge >= 0.3 is 0 Å². The molecule has 0 unspecified atom stereocenters. The van der Waals surface area contributed by atoms with Crippen molar-refractivity contribution < 1.29 is 19.4 Å². The van der Waals surface area contributed by atoms with Crippen molar-refractivity contribution in [3.05, 3.63) is 52.7 Å². The van der Waals surface area contributed by atoms with Gasteiger partial charge in [0.15, 0.2) is 0 Å². The molecule has 4 rings (SSSR count). The van der Waals surface area contributed by atoms with Gasteiger partial charge in [0.05, 0.1) is 23.4 Å². The number of benzene rings is 2. The first-order valence-corrected chi connectivity index (χ1v) is 9.83. The predicted octanol–water partition coefficient (Wildman–Crippen LogP) is 2.51. The lowest BCUT2D eigenvalue weighted by atomic mass is 10.1. The van der Waals surface area contributed by atoms with E-state index in [1.807, 2.05) is 32.3 Å². The number of methoxy groups -OCH3 is 1. The Kier molecular flexibility index (Phi) is 5.61. The second-order valence-electron chi connectivity index (χ2n) is 7.76. The van der Waals surface area contributed by atoms with E-state index in [-0.39, 0.29) is 17.2 Å². The largest absolute Gasteiger partial charge is 0.507 e. The first kappa shape index (κ1) is 20.2. The molecule has 1 amide bonds. The summed E-state index contributed by atoms with van der Waals surface area (Å²) in [6, 6.07) is 9.16. The molecule has 1 aliphatic rings. The number of amides is 1. The normalized spacial score (nSPS) is 13.3. The molecule has 3 aromatic rings. The highest BCUT2D eigenvalue weighted by molar-refractivity contribution is 6.01.